The molecule has 0 aromatic rings. The van der Waals surface area contributed by atoms with E-state index in [1.54, 1.807) is 6.08 Å². The van der Waals surface area contributed by atoms with Gasteiger partial charge in [-0.25, -0.2) is 0 Å². The molecule has 3 atom stereocenters. The summed E-state index contributed by atoms with van der Waals surface area (Å²) in [7, 11) is 1.24. The number of phosphoric ester groups is 1. The van der Waals surface area contributed by atoms with Gasteiger partial charge in [-0.3, -0.25) is 9.36 Å². The van der Waals surface area contributed by atoms with Gasteiger partial charge >= 0.3 is 0 Å². The first-order valence-electron chi connectivity index (χ1n) is 28.1. The van der Waals surface area contributed by atoms with Crippen molar-refractivity contribution in [2.45, 2.75) is 238 Å². The van der Waals surface area contributed by atoms with Gasteiger partial charge in [0.05, 0.1) is 39.9 Å². The SMILES string of the molecule is CC/C=C\C/C=C\C/C=C\C/C=C\C/C=C\C/C=C\CCCCCCCCCCCCCCCCCCC(=O)NC(COP(=O)([O-])OCC[N+](C)(C)C)C(O)/C=C/CC/C=C/CCCCCCCC. The molecule has 0 fully saturated rings. The van der Waals surface area contributed by atoms with Crippen LogP contribution in [0.5, 0.6) is 0 Å². The lowest BCUT2D eigenvalue weighted by atomic mass is 10.0. The van der Waals surface area contributed by atoms with Crippen molar-refractivity contribution >= 4 is 13.7 Å². The van der Waals surface area contributed by atoms with Crippen LogP contribution in [0.4, 0.5) is 0 Å². The van der Waals surface area contributed by atoms with E-state index in [0.29, 0.717) is 17.4 Å². The third-order valence-corrected chi connectivity index (χ3v) is 13.0. The van der Waals surface area contributed by atoms with E-state index in [0.717, 1.165) is 77.0 Å². The number of carbonyl (C=O) groups is 1. The van der Waals surface area contributed by atoms with Crippen LogP contribution in [0.1, 0.15) is 226 Å². The average molecular weight is 983 g/mol. The zero-order chi connectivity index (χ0) is 50.6. The molecule has 0 aliphatic heterocycles. The molecule has 0 saturated carbocycles. The lowest BCUT2D eigenvalue weighted by molar-refractivity contribution is -0.870. The Labute approximate surface area is 426 Å². The monoisotopic (exact) mass is 983 g/mol. The molecule has 0 aliphatic carbocycles. The van der Waals surface area contributed by atoms with Crippen molar-refractivity contribution in [3.8, 4) is 0 Å². The van der Waals surface area contributed by atoms with Crippen molar-refractivity contribution < 1.29 is 32.9 Å². The maximum absolute atomic E-state index is 12.9. The summed E-state index contributed by atoms with van der Waals surface area (Å²) in [6.45, 7) is 4.49. The van der Waals surface area contributed by atoms with Crippen LogP contribution >= 0.6 is 7.82 Å². The first-order chi connectivity index (χ1) is 33.5. The zero-order valence-electron chi connectivity index (χ0n) is 45.2. The third kappa shape index (κ3) is 53.1. The molecule has 0 aliphatic rings. The highest BCUT2D eigenvalue weighted by molar-refractivity contribution is 7.45. The molecule has 398 valence electrons. The van der Waals surface area contributed by atoms with E-state index in [1.165, 1.54) is 128 Å². The van der Waals surface area contributed by atoms with E-state index in [4.69, 9.17) is 9.05 Å². The summed E-state index contributed by atoms with van der Waals surface area (Å²) >= 11 is 0. The number of hydrogen-bond acceptors (Lipinski definition) is 6. The minimum atomic E-state index is -4.60. The van der Waals surface area contributed by atoms with Gasteiger partial charge in [-0.1, -0.05) is 233 Å². The molecule has 69 heavy (non-hydrogen) atoms. The Hall–Kier alpha value is -2.58. The second-order valence-electron chi connectivity index (χ2n) is 19.9. The number of carbonyl (C=O) groups excluding carboxylic acids is 1. The Morgan fingerprint density at radius 3 is 1.35 bits per heavy atom. The number of hydrogen-bond donors (Lipinski definition) is 2. The molecule has 9 heteroatoms. The van der Waals surface area contributed by atoms with Gasteiger partial charge in [-0.15, -0.1) is 0 Å². The quantitative estimate of drug-likeness (QED) is 0.0272. The molecule has 0 spiro atoms. The number of aliphatic hydroxyl groups excluding tert-OH is 1. The molecular weight excluding hydrogens is 876 g/mol. The van der Waals surface area contributed by atoms with Crippen molar-refractivity contribution in [2.24, 2.45) is 0 Å². The minimum Gasteiger partial charge on any atom is -0.756 e. The van der Waals surface area contributed by atoms with Gasteiger partial charge in [-0.2, -0.15) is 0 Å². The third-order valence-electron chi connectivity index (χ3n) is 12.0. The van der Waals surface area contributed by atoms with Crippen LogP contribution in [0.25, 0.3) is 0 Å². The molecule has 0 heterocycles. The molecular formula is C60H107N2O6P. The maximum atomic E-state index is 12.9. The summed E-state index contributed by atoms with van der Waals surface area (Å²) in [4.78, 5) is 25.4. The van der Waals surface area contributed by atoms with E-state index in [-0.39, 0.29) is 12.5 Å². The van der Waals surface area contributed by atoms with Gasteiger partial charge in [0, 0.05) is 6.42 Å². The molecule has 2 N–H and O–H groups in total. The van der Waals surface area contributed by atoms with Crippen LogP contribution in [-0.2, 0) is 18.4 Å². The van der Waals surface area contributed by atoms with Crippen LogP contribution in [0.15, 0.2) is 97.2 Å². The van der Waals surface area contributed by atoms with Crippen LogP contribution in [0.3, 0.4) is 0 Å². The Morgan fingerprint density at radius 2 is 0.899 bits per heavy atom. The Kier molecular flexibility index (Phi) is 48.5. The lowest BCUT2D eigenvalue weighted by Crippen LogP contribution is -2.45. The molecule has 0 saturated heterocycles. The van der Waals surface area contributed by atoms with E-state index < -0.39 is 26.6 Å². The number of nitrogens with one attached hydrogen (secondary N) is 1. The largest absolute Gasteiger partial charge is 0.756 e. The van der Waals surface area contributed by atoms with Crippen LogP contribution in [0, 0.1) is 0 Å². The van der Waals surface area contributed by atoms with E-state index in [9.17, 15) is 19.4 Å². The smallest absolute Gasteiger partial charge is 0.268 e. The fourth-order valence-corrected chi connectivity index (χ4v) is 8.37. The highest BCUT2D eigenvalue weighted by atomic mass is 31.2. The van der Waals surface area contributed by atoms with Crippen LogP contribution in [-0.4, -0.2) is 68.5 Å². The predicted molar refractivity (Wildman–Crippen MR) is 297 cm³/mol. The summed E-state index contributed by atoms with van der Waals surface area (Å²) < 4.78 is 23.2. The number of amides is 1. The van der Waals surface area contributed by atoms with Gasteiger partial charge in [0.15, 0.2) is 0 Å². The summed E-state index contributed by atoms with van der Waals surface area (Å²) in [5, 5.41) is 13.8. The topological polar surface area (TPSA) is 108 Å². The molecule has 1 amide bonds. The number of quaternary nitrogens is 1. The Bertz CT molecular complexity index is 1440. The normalized spacial score (nSPS) is 14.7. The molecule has 3 unspecified atom stereocenters. The maximum Gasteiger partial charge on any atom is 0.268 e. The van der Waals surface area contributed by atoms with Gasteiger partial charge in [0.25, 0.3) is 7.82 Å². The van der Waals surface area contributed by atoms with Crippen molar-refractivity contribution in [3.63, 3.8) is 0 Å². The molecule has 8 nitrogen and oxygen atoms in total. The number of likely N-dealkylation sites (N-methyl/N-ethyl adjacent to an activating group) is 1. The molecule has 0 aromatic carbocycles. The fourth-order valence-electron chi connectivity index (χ4n) is 7.64. The Balaban J connectivity index is 4.05. The molecule has 0 aromatic heterocycles. The zero-order valence-corrected chi connectivity index (χ0v) is 46.1. The predicted octanol–water partition coefficient (Wildman–Crippen LogP) is 16.4. The van der Waals surface area contributed by atoms with Gasteiger partial charge in [0.1, 0.15) is 13.2 Å². The van der Waals surface area contributed by atoms with Crippen molar-refractivity contribution in [2.75, 3.05) is 40.9 Å². The van der Waals surface area contributed by atoms with E-state index >= 15 is 0 Å². The van der Waals surface area contributed by atoms with Crippen molar-refractivity contribution in [1.82, 2.24) is 5.32 Å². The minimum absolute atomic E-state index is 0.00932. The highest BCUT2D eigenvalue weighted by Gasteiger charge is 2.23. The Morgan fingerprint density at radius 1 is 0.522 bits per heavy atom. The number of allylic oxidation sites excluding steroid dienone is 15. The van der Waals surface area contributed by atoms with Crippen molar-refractivity contribution in [3.05, 3.63) is 97.2 Å². The van der Waals surface area contributed by atoms with Gasteiger partial charge in [0.2, 0.25) is 5.91 Å². The molecule has 0 radical (unpaired) electrons. The van der Waals surface area contributed by atoms with E-state index in [1.807, 2.05) is 27.2 Å². The fraction of sp³-hybridized carbons (Fsp3) is 0.717. The van der Waals surface area contributed by atoms with Crippen LogP contribution < -0.4 is 10.2 Å². The summed E-state index contributed by atoms with van der Waals surface area (Å²) in [6.07, 6.45) is 72.1. The highest BCUT2D eigenvalue weighted by Crippen LogP contribution is 2.38. The summed E-state index contributed by atoms with van der Waals surface area (Å²) in [6, 6.07) is -0.906. The second-order valence-corrected chi connectivity index (χ2v) is 21.3. The number of nitrogens with zero attached hydrogens (tertiary/aromatic N) is 1. The van der Waals surface area contributed by atoms with E-state index in [2.05, 4.69) is 104 Å². The number of rotatable bonds is 50. The van der Waals surface area contributed by atoms with Gasteiger partial charge < -0.3 is 28.8 Å². The molecule has 0 bridgehead atoms. The first-order valence-corrected chi connectivity index (χ1v) is 29.6. The summed E-state index contributed by atoms with van der Waals surface area (Å²) in [5.74, 6) is -0.211. The number of phosphoric acid groups is 1. The average Bonchev–Trinajstić information content (AvgIpc) is 3.31. The van der Waals surface area contributed by atoms with Crippen LogP contribution in [0.2, 0.25) is 0 Å². The standard InChI is InChI=1S/C60H107N2O6P/c1-6-8-10-12-14-16-18-20-21-22-23-24-25-26-27-28-29-30-31-32-33-34-35-36-37-38-39-40-41-42-44-46-48-50-52-54-60(64)61-58(57-68-69(65,66)67-56-55-62(3,4)5)59(63)53-51-49-47-45-43-19-17-15-13-11-9-7-2/h8,10,14,16,20-21,23-24,26-27,29-30,43,45,51,53,58-59,63H,6-7,9,11-13,15,17-19,22,25,28,31-42,44,46-50,52,54-57H2,1-5H3,(H-,61,64,65,66)/b10-8-,16-14-,21-20-,24-23-,27-26-,30-29-,45-43+,53-51+. The van der Waals surface area contributed by atoms with Gasteiger partial charge in [-0.05, 0) is 83.5 Å². The van der Waals surface area contributed by atoms with Crippen molar-refractivity contribution in [1.29, 1.82) is 0 Å². The number of aliphatic hydroxyl groups is 1. The number of unbranched alkanes of at least 4 members (excludes halogenated alkanes) is 23. The lowest BCUT2D eigenvalue weighted by Gasteiger charge is -2.29. The second kappa shape index (κ2) is 50.4. The molecule has 0 rings (SSSR count). The first kappa shape index (κ1) is 66.4. The summed E-state index contributed by atoms with van der Waals surface area (Å²) in [5.41, 5.74) is 0.